The quantitative estimate of drug-likeness (QED) is 0.618. The van der Waals surface area contributed by atoms with Crippen LogP contribution in [0.3, 0.4) is 0 Å². The molecule has 102 valence electrons. The van der Waals surface area contributed by atoms with Crippen LogP contribution in [0.5, 0.6) is 0 Å². The zero-order valence-corrected chi connectivity index (χ0v) is 11.1. The fraction of sp³-hybridized carbons (Fsp3) is 0.286. The van der Waals surface area contributed by atoms with Crippen LogP contribution in [0, 0.1) is 17.0 Å². The zero-order chi connectivity index (χ0) is 14.1. The molecule has 2 aromatic rings. The number of fused-ring (bicyclic) bond motifs is 1. The van der Waals surface area contributed by atoms with Gasteiger partial charge in [-0.3, -0.25) is 10.1 Å². The molecular weight excluding hydrogens is 256 g/mol. The summed E-state index contributed by atoms with van der Waals surface area (Å²) in [5, 5.41) is 10.9. The maximum absolute atomic E-state index is 10.9. The van der Waals surface area contributed by atoms with Gasteiger partial charge < -0.3 is 4.90 Å². The number of hydrogen-bond donors (Lipinski definition) is 0. The monoisotopic (exact) mass is 270 g/mol. The Morgan fingerprint density at radius 2 is 2.25 bits per heavy atom. The molecule has 0 radical (unpaired) electrons. The van der Waals surface area contributed by atoms with Gasteiger partial charge in [-0.05, 0) is 12.5 Å². The van der Waals surface area contributed by atoms with Gasteiger partial charge in [0.1, 0.15) is 6.33 Å². The predicted molar refractivity (Wildman–Crippen MR) is 74.6 cm³/mol. The number of nitro groups is 1. The van der Waals surface area contributed by atoms with Gasteiger partial charge in [-0.15, -0.1) is 0 Å². The van der Waals surface area contributed by atoms with Crippen LogP contribution in [-0.4, -0.2) is 21.4 Å². The lowest BCUT2D eigenvalue weighted by molar-refractivity contribution is -0.384. The standard InChI is InChI=1S/C14H14N4O2/c1-10-2-3-12(18(19)20)6-14(10)17-5-4-13-11(8-17)7-15-9-16-13/h2-3,6-7,9H,4-5,8H2,1H3. The second-order valence-electron chi connectivity index (χ2n) is 4.89. The second-order valence-corrected chi connectivity index (χ2v) is 4.89. The van der Waals surface area contributed by atoms with Crippen molar-refractivity contribution in [2.24, 2.45) is 0 Å². The van der Waals surface area contributed by atoms with Crippen LogP contribution >= 0.6 is 0 Å². The third-order valence-electron chi connectivity index (χ3n) is 3.61. The SMILES string of the molecule is Cc1ccc([N+](=O)[O-])cc1N1CCc2ncncc2C1. The van der Waals surface area contributed by atoms with E-state index in [0.29, 0.717) is 6.54 Å². The molecule has 0 saturated heterocycles. The third-order valence-corrected chi connectivity index (χ3v) is 3.61. The molecule has 0 spiro atoms. The van der Waals surface area contributed by atoms with E-state index >= 15 is 0 Å². The normalized spacial score (nSPS) is 13.9. The van der Waals surface area contributed by atoms with Crippen molar-refractivity contribution in [3.05, 3.63) is 57.7 Å². The van der Waals surface area contributed by atoms with E-state index in [0.717, 1.165) is 35.5 Å². The minimum Gasteiger partial charge on any atom is -0.366 e. The molecule has 0 atom stereocenters. The van der Waals surface area contributed by atoms with Gasteiger partial charge in [0.25, 0.3) is 5.69 Å². The molecule has 20 heavy (non-hydrogen) atoms. The van der Waals surface area contributed by atoms with Crippen LogP contribution in [0.1, 0.15) is 16.8 Å². The van der Waals surface area contributed by atoms with Crippen LogP contribution in [0.25, 0.3) is 0 Å². The number of nitrogens with zero attached hydrogens (tertiary/aromatic N) is 4. The number of nitro benzene ring substituents is 1. The second kappa shape index (κ2) is 4.88. The van der Waals surface area contributed by atoms with Crippen LogP contribution in [0.2, 0.25) is 0 Å². The van der Waals surface area contributed by atoms with E-state index in [4.69, 9.17) is 0 Å². The van der Waals surface area contributed by atoms with E-state index in [2.05, 4.69) is 14.9 Å². The highest BCUT2D eigenvalue weighted by Gasteiger charge is 2.20. The summed E-state index contributed by atoms with van der Waals surface area (Å²) in [4.78, 5) is 21.0. The summed E-state index contributed by atoms with van der Waals surface area (Å²) < 4.78 is 0. The van der Waals surface area contributed by atoms with Crippen LogP contribution in [-0.2, 0) is 13.0 Å². The summed E-state index contributed by atoms with van der Waals surface area (Å²) in [6.45, 7) is 3.47. The van der Waals surface area contributed by atoms with E-state index in [1.807, 2.05) is 13.1 Å². The molecule has 0 bridgehead atoms. The number of non-ortho nitro benzene ring substituents is 1. The predicted octanol–water partition coefficient (Wildman–Crippen LogP) is 2.26. The summed E-state index contributed by atoms with van der Waals surface area (Å²) in [7, 11) is 0. The van der Waals surface area contributed by atoms with E-state index in [-0.39, 0.29) is 10.6 Å². The summed E-state index contributed by atoms with van der Waals surface area (Å²) in [5.74, 6) is 0. The number of benzene rings is 1. The lowest BCUT2D eigenvalue weighted by atomic mass is 10.0. The van der Waals surface area contributed by atoms with Crippen LogP contribution in [0.15, 0.2) is 30.7 Å². The molecule has 0 saturated carbocycles. The first kappa shape index (κ1) is 12.5. The minimum atomic E-state index is -0.357. The van der Waals surface area contributed by atoms with Gasteiger partial charge in [0.05, 0.1) is 10.6 Å². The molecular formula is C14H14N4O2. The van der Waals surface area contributed by atoms with Gasteiger partial charge in [-0.2, -0.15) is 0 Å². The third kappa shape index (κ3) is 2.20. The largest absolute Gasteiger partial charge is 0.366 e. The summed E-state index contributed by atoms with van der Waals surface area (Å²) >= 11 is 0. The topological polar surface area (TPSA) is 72.2 Å². The Balaban J connectivity index is 1.95. The van der Waals surface area contributed by atoms with Crippen LogP contribution in [0.4, 0.5) is 11.4 Å². The molecule has 6 heteroatoms. The lowest BCUT2D eigenvalue weighted by Crippen LogP contribution is -2.31. The minimum absolute atomic E-state index is 0.126. The van der Waals surface area contributed by atoms with Gasteiger partial charge in [-0.25, -0.2) is 9.97 Å². The van der Waals surface area contributed by atoms with E-state index in [1.165, 1.54) is 0 Å². The fourth-order valence-electron chi connectivity index (χ4n) is 2.52. The number of hydrogen-bond acceptors (Lipinski definition) is 5. The average molecular weight is 270 g/mol. The van der Waals surface area contributed by atoms with Gasteiger partial charge in [0.15, 0.2) is 0 Å². The summed E-state index contributed by atoms with van der Waals surface area (Å²) in [5.41, 5.74) is 4.23. The number of aromatic nitrogens is 2. The highest BCUT2D eigenvalue weighted by Crippen LogP contribution is 2.29. The molecule has 0 aliphatic carbocycles. The molecule has 2 heterocycles. The Morgan fingerprint density at radius 3 is 3.05 bits per heavy atom. The van der Waals surface area contributed by atoms with Crippen molar-refractivity contribution in [3.8, 4) is 0 Å². The van der Waals surface area contributed by atoms with E-state index in [9.17, 15) is 10.1 Å². The van der Waals surface area contributed by atoms with Gasteiger partial charge >= 0.3 is 0 Å². The van der Waals surface area contributed by atoms with E-state index in [1.54, 1.807) is 24.5 Å². The van der Waals surface area contributed by atoms with Crippen molar-refractivity contribution < 1.29 is 4.92 Å². The molecule has 1 aliphatic rings. The maximum atomic E-state index is 10.9. The van der Waals surface area contributed by atoms with Crippen molar-refractivity contribution in [2.75, 3.05) is 11.4 Å². The fourth-order valence-corrected chi connectivity index (χ4v) is 2.52. The first-order valence-corrected chi connectivity index (χ1v) is 6.43. The first-order valence-electron chi connectivity index (χ1n) is 6.43. The van der Waals surface area contributed by atoms with Gasteiger partial charge in [-0.1, -0.05) is 6.07 Å². The highest BCUT2D eigenvalue weighted by molar-refractivity contribution is 5.59. The number of anilines is 1. The Morgan fingerprint density at radius 1 is 1.40 bits per heavy atom. The zero-order valence-electron chi connectivity index (χ0n) is 11.1. The molecule has 1 aromatic carbocycles. The summed E-state index contributed by atoms with van der Waals surface area (Å²) in [6, 6.07) is 4.98. The number of rotatable bonds is 2. The average Bonchev–Trinajstić information content (AvgIpc) is 2.47. The van der Waals surface area contributed by atoms with Gasteiger partial charge in [0, 0.05) is 49.1 Å². The van der Waals surface area contributed by atoms with Crippen molar-refractivity contribution in [3.63, 3.8) is 0 Å². The molecule has 0 unspecified atom stereocenters. The van der Waals surface area contributed by atoms with Gasteiger partial charge in [0.2, 0.25) is 0 Å². The highest BCUT2D eigenvalue weighted by atomic mass is 16.6. The Bertz CT molecular complexity index is 672. The van der Waals surface area contributed by atoms with Crippen LogP contribution < -0.4 is 4.90 Å². The Kier molecular flexibility index (Phi) is 3.06. The summed E-state index contributed by atoms with van der Waals surface area (Å²) in [6.07, 6.45) is 4.22. The van der Waals surface area contributed by atoms with Crippen molar-refractivity contribution >= 4 is 11.4 Å². The van der Waals surface area contributed by atoms with E-state index < -0.39 is 0 Å². The molecule has 1 aliphatic heterocycles. The Hall–Kier alpha value is -2.50. The maximum Gasteiger partial charge on any atom is 0.271 e. The van der Waals surface area contributed by atoms with Crippen molar-refractivity contribution in [2.45, 2.75) is 19.9 Å². The molecule has 1 aromatic heterocycles. The molecule has 0 amide bonds. The van der Waals surface area contributed by atoms with Crippen molar-refractivity contribution in [1.29, 1.82) is 0 Å². The molecule has 6 nitrogen and oxygen atoms in total. The molecule has 0 N–H and O–H groups in total. The van der Waals surface area contributed by atoms with Crippen molar-refractivity contribution in [1.82, 2.24) is 9.97 Å². The molecule has 3 rings (SSSR count). The Labute approximate surface area is 116 Å². The lowest BCUT2D eigenvalue weighted by Gasteiger charge is -2.30. The number of aryl methyl sites for hydroxylation is 1. The first-order chi connectivity index (χ1) is 9.65. The smallest absolute Gasteiger partial charge is 0.271 e. The molecule has 0 fully saturated rings.